The van der Waals surface area contributed by atoms with Gasteiger partial charge in [-0.1, -0.05) is 20.8 Å². The second-order valence-corrected chi connectivity index (χ2v) is 7.78. The quantitative estimate of drug-likeness (QED) is 0.664. The molecule has 0 saturated heterocycles. The number of rotatable bonds is 8. The summed E-state index contributed by atoms with van der Waals surface area (Å²) in [7, 11) is -2.78. The van der Waals surface area contributed by atoms with Gasteiger partial charge in [-0.3, -0.25) is 0 Å². The molecule has 0 heterocycles. The molecule has 92 valence electrons. The lowest BCUT2D eigenvalue weighted by Gasteiger charge is -2.14. The highest BCUT2D eigenvalue weighted by Crippen LogP contribution is 2.08. The Morgan fingerprint density at radius 1 is 1.27 bits per heavy atom. The summed E-state index contributed by atoms with van der Waals surface area (Å²) in [5.74, 6) is 2.62. The van der Waals surface area contributed by atoms with Gasteiger partial charge in [0.25, 0.3) is 0 Å². The normalized spacial score (nSPS) is 14.5. The minimum atomic E-state index is -2.78. The molecule has 0 aromatic heterocycles. The van der Waals surface area contributed by atoms with Crippen molar-refractivity contribution in [2.75, 3.05) is 30.1 Å². The molecule has 0 aromatic carbocycles. The molecular weight excluding hydrogens is 230 g/mol. The van der Waals surface area contributed by atoms with E-state index in [1.807, 2.05) is 0 Å². The zero-order valence-corrected chi connectivity index (χ0v) is 11.7. The first-order valence-corrected chi connectivity index (χ1v) is 8.51. The van der Waals surface area contributed by atoms with Crippen LogP contribution in [0.4, 0.5) is 0 Å². The average Bonchev–Trinajstić information content (AvgIpc) is 2.07. The lowest BCUT2D eigenvalue weighted by Crippen LogP contribution is -2.28. The molecule has 0 aliphatic heterocycles. The zero-order valence-electron chi connectivity index (χ0n) is 10.1. The second kappa shape index (κ2) is 7.52. The summed E-state index contributed by atoms with van der Waals surface area (Å²) in [6.45, 7) is 7.44. The van der Waals surface area contributed by atoms with Crippen molar-refractivity contribution in [3.63, 3.8) is 0 Å². The van der Waals surface area contributed by atoms with Crippen LogP contribution in [0.1, 0.15) is 20.8 Å². The van der Waals surface area contributed by atoms with E-state index in [0.717, 1.165) is 12.3 Å². The summed E-state index contributed by atoms with van der Waals surface area (Å²) < 4.78 is 21.7. The Balaban J connectivity index is 3.43. The van der Waals surface area contributed by atoms with Gasteiger partial charge >= 0.3 is 0 Å². The Labute approximate surface area is 98.3 Å². The molecule has 0 aliphatic carbocycles. The topological polar surface area (TPSA) is 46.2 Å². The third-order valence-corrected chi connectivity index (χ3v) is 4.38. The first-order valence-electron chi connectivity index (χ1n) is 5.30. The van der Waals surface area contributed by atoms with Gasteiger partial charge in [-0.2, -0.15) is 11.8 Å². The van der Waals surface area contributed by atoms with Gasteiger partial charge in [0.2, 0.25) is 0 Å². The summed E-state index contributed by atoms with van der Waals surface area (Å²) in [4.78, 5) is 0. The molecule has 0 aliphatic rings. The molecule has 3 nitrogen and oxygen atoms in total. The first kappa shape index (κ1) is 15.3. The predicted molar refractivity (Wildman–Crippen MR) is 69.3 cm³/mol. The van der Waals surface area contributed by atoms with Gasteiger partial charge < -0.3 is 5.32 Å². The molecule has 1 unspecified atom stereocenters. The zero-order chi connectivity index (χ0) is 11.9. The predicted octanol–water partition coefficient (Wildman–Crippen LogP) is 1.40. The molecule has 0 radical (unpaired) electrons. The first-order chi connectivity index (χ1) is 6.81. The molecule has 0 fully saturated rings. The Morgan fingerprint density at radius 2 is 1.87 bits per heavy atom. The molecule has 0 rings (SSSR count). The number of hydrogen-bond donors (Lipinski definition) is 1. The van der Waals surface area contributed by atoms with E-state index in [4.69, 9.17) is 0 Å². The third-order valence-electron chi connectivity index (χ3n) is 1.88. The molecule has 0 saturated carbocycles. The molecule has 0 spiro atoms. The largest absolute Gasteiger partial charge is 0.314 e. The van der Waals surface area contributed by atoms with Crippen LogP contribution in [0.25, 0.3) is 0 Å². The summed E-state index contributed by atoms with van der Waals surface area (Å²) in [5.41, 5.74) is 0. The molecule has 0 aromatic rings. The summed E-state index contributed by atoms with van der Waals surface area (Å²) >= 11 is 1.72. The van der Waals surface area contributed by atoms with Crippen molar-refractivity contribution >= 4 is 21.6 Å². The molecular formula is C10H23NO2S2. The van der Waals surface area contributed by atoms with Crippen molar-refractivity contribution < 1.29 is 8.42 Å². The van der Waals surface area contributed by atoms with Crippen LogP contribution >= 0.6 is 11.8 Å². The van der Waals surface area contributed by atoms with Crippen LogP contribution < -0.4 is 5.32 Å². The van der Waals surface area contributed by atoms with E-state index in [9.17, 15) is 8.42 Å². The molecule has 0 amide bonds. The molecule has 0 bridgehead atoms. The SMILES string of the molecule is CC(CNC(C)C)CSCCS(C)(=O)=O. The maximum atomic E-state index is 10.9. The maximum absolute atomic E-state index is 10.9. The molecule has 15 heavy (non-hydrogen) atoms. The third kappa shape index (κ3) is 12.2. The smallest absolute Gasteiger partial charge is 0.148 e. The van der Waals surface area contributed by atoms with E-state index in [0.29, 0.717) is 23.5 Å². The van der Waals surface area contributed by atoms with Crippen LogP contribution in [0.2, 0.25) is 0 Å². The standard InChI is InChI=1S/C10H23NO2S2/c1-9(2)11-7-10(3)8-14-5-6-15(4,12)13/h9-11H,5-8H2,1-4H3. The van der Waals surface area contributed by atoms with Crippen molar-refractivity contribution in [2.24, 2.45) is 5.92 Å². The minimum absolute atomic E-state index is 0.294. The summed E-state index contributed by atoms with van der Waals surface area (Å²) in [6, 6.07) is 0.522. The second-order valence-electron chi connectivity index (χ2n) is 4.37. The maximum Gasteiger partial charge on any atom is 0.148 e. The minimum Gasteiger partial charge on any atom is -0.314 e. The van der Waals surface area contributed by atoms with Crippen molar-refractivity contribution in [1.29, 1.82) is 0 Å². The van der Waals surface area contributed by atoms with Gasteiger partial charge in [-0.05, 0) is 18.2 Å². The van der Waals surface area contributed by atoms with Gasteiger partial charge in [-0.15, -0.1) is 0 Å². The van der Waals surface area contributed by atoms with E-state index in [1.165, 1.54) is 6.26 Å². The molecule has 5 heteroatoms. The van der Waals surface area contributed by atoms with E-state index >= 15 is 0 Å². The fourth-order valence-electron chi connectivity index (χ4n) is 0.991. The monoisotopic (exact) mass is 253 g/mol. The highest BCUT2D eigenvalue weighted by Gasteiger charge is 2.05. The van der Waals surface area contributed by atoms with Crippen LogP contribution in [0.5, 0.6) is 0 Å². The fourth-order valence-corrected chi connectivity index (χ4v) is 3.36. The van der Waals surface area contributed by atoms with Gasteiger partial charge in [0, 0.05) is 18.1 Å². The molecule has 1 N–H and O–H groups in total. The Bertz CT molecular complexity index is 250. The van der Waals surface area contributed by atoms with Crippen molar-refractivity contribution in [2.45, 2.75) is 26.8 Å². The molecule has 1 atom stereocenters. The Hall–Kier alpha value is 0.260. The van der Waals surface area contributed by atoms with Crippen LogP contribution in [-0.4, -0.2) is 44.5 Å². The lowest BCUT2D eigenvalue weighted by molar-refractivity contribution is 0.510. The number of nitrogens with one attached hydrogen (secondary N) is 1. The van der Waals surface area contributed by atoms with E-state index < -0.39 is 9.84 Å². The summed E-state index contributed by atoms with van der Waals surface area (Å²) in [6.07, 6.45) is 1.29. The number of sulfone groups is 1. The Kier molecular flexibility index (Phi) is 7.65. The van der Waals surface area contributed by atoms with Crippen LogP contribution in [0, 0.1) is 5.92 Å². The Morgan fingerprint density at radius 3 is 2.33 bits per heavy atom. The average molecular weight is 253 g/mol. The van der Waals surface area contributed by atoms with Crippen LogP contribution in [-0.2, 0) is 9.84 Å². The highest BCUT2D eigenvalue weighted by molar-refractivity contribution is 8.00. The highest BCUT2D eigenvalue weighted by atomic mass is 32.2. The van der Waals surface area contributed by atoms with Gasteiger partial charge in [0.05, 0.1) is 5.75 Å². The van der Waals surface area contributed by atoms with Crippen LogP contribution in [0.3, 0.4) is 0 Å². The van der Waals surface area contributed by atoms with Crippen molar-refractivity contribution in [3.05, 3.63) is 0 Å². The van der Waals surface area contributed by atoms with Gasteiger partial charge in [0.15, 0.2) is 0 Å². The van der Waals surface area contributed by atoms with E-state index in [2.05, 4.69) is 26.1 Å². The summed E-state index contributed by atoms with van der Waals surface area (Å²) in [5, 5.41) is 3.37. The fraction of sp³-hybridized carbons (Fsp3) is 1.00. The van der Waals surface area contributed by atoms with Gasteiger partial charge in [-0.25, -0.2) is 8.42 Å². The van der Waals surface area contributed by atoms with Crippen molar-refractivity contribution in [1.82, 2.24) is 5.32 Å². The van der Waals surface area contributed by atoms with Crippen molar-refractivity contribution in [3.8, 4) is 0 Å². The number of hydrogen-bond acceptors (Lipinski definition) is 4. The van der Waals surface area contributed by atoms with Gasteiger partial charge in [0.1, 0.15) is 9.84 Å². The van der Waals surface area contributed by atoms with E-state index in [1.54, 1.807) is 11.8 Å². The lowest BCUT2D eigenvalue weighted by atomic mass is 10.2. The van der Waals surface area contributed by atoms with Crippen LogP contribution in [0.15, 0.2) is 0 Å². The van der Waals surface area contributed by atoms with E-state index in [-0.39, 0.29) is 0 Å². The number of thioether (sulfide) groups is 1.